The second kappa shape index (κ2) is 9.37. The minimum atomic E-state index is -0.566. The highest BCUT2D eigenvalue weighted by Crippen LogP contribution is 2.30. The summed E-state index contributed by atoms with van der Waals surface area (Å²) < 4.78 is 6.00. The second-order valence-corrected chi connectivity index (χ2v) is 9.14. The lowest BCUT2D eigenvalue weighted by Gasteiger charge is -2.32. The SMILES string of the molecule is CC(=O)c1ccc(NC(=O)c2cc3nc4ccc(N5CCC(C(C)=O)CC5)cc4oc-3cc2=O)cc1. The van der Waals surface area contributed by atoms with Gasteiger partial charge in [-0.1, -0.05) is 0 Å². The molecule has 1 fully saturated rings. The van der Waals surface area contributed by atoms with Crippen LogP contribution in [0.3, 0.4) is 0 Å². The van der Waals surface area contributed by atoms with Crippen molar-refractivity contribution in [1.82, 2.24) is 4.98 Å². The van der Waals surface area contributed by atoms with E-state index < -0.39 is 11.3 Å². The number of fused-ring (bicyclic) bond motifs is 2. The van der Waals surface area contributed by atoms with E-state index in [1.54, 1.807) is 31.2 Å². The highest BCUT2D eigenvalue weighted by atomic mass is 16.3. The monoisotopic (exact) mass is 483 g/mol. The van der Waals surface area contributed by atoms with E-state index in [9.17, 15) is 19.2 Å². The Morgan fingerprint density at radius 3 is 2.36 bits per heavy atom. The van der Waals surface area contributed by atoms with Crippen molar-refractivity contribution < 1.29 is 18.8 Å². The lowest BCUT2D eigenvalue weighted by atomic mass is 9.93. The Morgan fingerprint density at radius 1 is 0.972 bits per heavy atom. The van der Waals surface area contributed by atoms with Gasteiger partial charge in [0.05, 0.1) is 5.56 Å². The van der Waals surface area contributed by atoms with E-state index in [0.29, 0.717) is 33.8 Å². The van der Waals surface area contributed by atoms with Gasteiger partial charge in [0.2, 0.25) is 0 Å². The number of hydrogen-bond donors (Lipinski definition) is 1. The Balaban J connectivity index is 1.40. The third-order valence-corrected chi connectivity index (χ3v) is 6.69. The number of piperidine rings is 1. The molecule has 2 aliphatic heterocycles. The van der Waals surface area contributed by atoms with E-state index in [-0.39, 0.29) is 23.0 Å². The molecule has 8 nitrogen and oxygen atoms in total. The van der Waals surface area contributed by atoms with Crippen molar-refractivity contribution >= 4 is 39.9 Å². The van der Waals surface area contributed by atoms with Gasteiger partial charge < -0.3 is 14.6 Å². The Kier molecular flexibility index (Phi) is 6.10. The zero-order valence-corrected chi connectivity index (χ0v) is 20.0. The molecule has 0 atom stereocenters. The lowest BCUT2D eigenvalue weighted by Crippen LogP contribution is -2.35. The van der Waals surface area contributed by atoms with Crippen LogP contribution in [0.4, 0.5) is 11.4 Å². The van der Waals surface area contributed by atoms with E-state index in [0.717, 1.165) is 31.6 Å². The molecule has 2 heterocycles. The van der Waals surface area contributed by atoms with Gasteiger partial charge in [-0.25, -0.2) is 4.98 Å². The van der Waals surface area contributed by atoms with Gasteiger partial charge in [-0.05, 0) is 69.2 Å². The van der Waals surface area contributed by atoms with Crippen LogP contribution in [-0.2, 0) is 4.79 Å². The molecule has 5 rings (SSSR count). The number of carbonyl (C=O) groups is 3. The maximum absolute atomic E-state index is 12.8. The molecular formula is C28H25N3O5. The average molecular weight is 484 g/mol. The molecule has 1 saturated heterocycles. The summed E-state index contributed by atoms with van der Waals surface area (Å²) in [5.74, 6) is 0.0203. The average Bonchev–Trinajstić information content (AvgIpc) is 2.87. The van der Waals surface area contributed by atoms with Crippen LogP contribution < -0.4 is 15.6 Å². The minimum absolute atomic E-state index is 0.0508. The number of Topliss-reactive ketones (excluding diaryl/α,β-unsaturated/α-hetero) is 2. The van der Waals surface area contributed by atoms with Crippen molar-refractivity contribution in [2.45, 2.75) is 26.7 Å². The van der Waals surface area contributed by atoms with Crippen molar-refractivity contribution in [2.75, 3.05) is 23.3 Å². The fourth-order valence-corrected chi connectivity index (χ4v) is 4.55. The zero-order chi connectivity index (χ0) is 25.4. The van der Waals surface area contributed by atoms with Crippen LogP contribution in [0.5, 0.6) is 0 Å². The standard InChI is InChI=1S/C28H25N3O5/c1-16(32)18-3-5-20(6-4-18)29-28(35)22-14-24-27(15-25(22)34)36-26-13-21(7-8-23(26)30-24)31-11-9-19(10-12-31)17(2)33/h3-8,13-15,19H,9-12H2,1-2H3,(H,29,35). The Morgan fingerprint density at radius 2 is 1.69 bits per heavy atom. The van der Waals surface area contributed by atoms with Crippen LogP contribution >= 0.6 is 0 Å². The van der Waals surface area contributed by atoms with E-state index in [1.165, 1.54) is 19.1 Å². The molecule has 0 spiro atoms. The first-order valence-corrected chi connectivity index (χ1v) is 11.8. The van der Waals surface area contributed by atoms with Gasteiger partial charge >= 0.3 is 0 Å². The summed E-state index contributed by atoms with van der Waals surface area (Å²) in [6, 6.07) is 14.9. The highest BCUT2D eigenvalue weighted by Gasteiger charge is 2.23. The van der Waals surface area contributed by atoms with Crippen molar-refractivity contribution in [3.05, 3.63) is 75.9 Å². The van der Waals surface area contributed by atoms with Crippen LogP contribution in [0.1, 0.15) is 47.4 Å². The second-order valence-electron chi connectivity index (χ2n) is 9.14. The third kappa shape index (κ3) is 4.62. The maximum atomic E-state index is 12.8. The maximum Gasteiger partial charge on any atom is 0.259 e. The van der Waals surface area contributed by atoms with Gasteiger partial charge in [0.25, 0.3) is 5.91 Å². The van der Waals surface area contributed by atoms with Gasteiger partial charge in [0.15, 0.2) is 22.6 Å². The van der Waals surface area contributed by atoms with Crippen molar-refractivity contribution in [3.8, 4) is 11.5 Å². The predicted molar refractivity (Wildman–Crippen MR) is 137 cm³/mol. The number of amides is 1. The summed E-state index contributed by atoms with van der Waals surface area (Å²) in [6.07, 6.45) is 1.65. The molecule has 182 valence electrons. The first-order chi connectivity index (χ1) is 17.3. The van der Waals surface area contributed by atoms with Crippen molar-refractivity contribution in [1.29, 1.82) is 0 Å². The number of anilines is 2. The Hall–Kier alpha value is -4.33. The first kappa shape index (κ1) is 23.4. The molecule has 0 radical (unpaired) electrons. The summed E-state index contributed by atoms with van der Waals surface area (Å²) >= 11 is 0. The van der Waals surface area contributed by atoms with Crippen LogP contribution in [0.25, 0.3) is 22.6 Å². The van der Waals surface area contributed by atoms with E-state index in [2.05, 4.69) is 15.2 Å². The molecule has 0 saturated carbocycles. The van der Waals surface area contributed by atoms with Crippen LogP contribution in [-0.4, -0.2) is 35.5 Å². The molecule has 2 aromatic carbocycles. The number of benzene rings is 3. The smallest absolute Gasteiger partial charge is 0.259 e. The van der Waals surface area contributed by atoms with Gasteiger partial charge in [-0.2, -0.15) is 0 Å². The predicted octanol–water partition coefficient (Wildman–Crippen LogP) is 4.55. The molecule has 0 bridgehead atoms. The van der Waals surface area contributed by atoms with Gasteiger partial charge in [-0.3, -0.25) is 19.2 Å². The number of hydrogen-bond acceptors (Lipinski definition) is 7. The molecular weight excluding hydrogens is 458 g/mol. The van der Waals surface area contributed by atoms with Crippen molar-refractivity contribution in [2.24, 2.45) is 5.92 Å². The van der Waals surface area contributed by atoms with Gasteiger partial charge in [0, 0.05) is 48.1 Å². The number of carbonyl (C=O) groups excluding carboxylic acids is 3. The van der Waals surface area contributed by atoms with Gasteiger partial charge in [0.1, 0.15) is 17.0 Å². The summed E-state index contributed by atoms with van der Waals surface area (Å²) in [4.78, 5) is 55.4. The largest absolute Gasteiger partial charge is 0.453 e. The van der Waals surface area contributed by atoms with Crippen LogP contribution in [0, 0.1) is 5.92 Å². The summed E-state index contributed by atoms with van der Waals surface area (Å²) in [5, 5.41) is 2.69. The fraction of sp³-hybridized carbons (Fsp3) is 0.250. The molecule has 3 aliphatic rings. The van der Waals surface area contributed by atoms with E-state index in [1.807, 2.05) is 18.2 Å². The van der Waals surface area contributed by atoms with E-state index in [4.69, 9.17) is 4.42 Å². The fourth-order valence-electron chi connectivity index (χ4n) is 4.55. The zero-order valence-electron chi connectivity index (χ0n) is 20.0. The quantitative estimate of drug-likeness (QED) is 0.327. The third-order valence-electron chi connectivity index (χ3n) is 6.69. The molecule has 1 aliphatic carbocycles. The molecule has 36 heavy (non-hydrogen) atoms. The van der Waals surface area contributed by atoms with Gasteiger partial charge in [-0.15, -0.1) is 0 Å². The topological polar surface area (TPSA) is 110 Å². The number of rotatable bonds is 5. The number of aromatic nitrogens is 1. The number of nitrogens with zero attached hydrogens (tertiary/aromatic N) is 2. The summed E-state index contributed by atoms with van der Waals surface area (Å²) in [7, 11) is 0. The molecule has 1 amide bonds. The molecule has 1 N–H and O–H groups in total. The molecule has 2 aromatic rings. The Labute approximate surface area is 207 Å². The molecule has 0 unspecified atom stereocenters. The van der Waals surface area contributed by atoms with Crippen molar-refractivity contribution in [3.63, 3.8) is 0 Å². The van der Waals surface area contributed by atoms with Crippen LogP contribution in [0.15, 0.2) is 63.8 Å². The number of ketones is 2. The Bertz CT molecular complexity index is 1510. The summed E-state index contributed by atoms with van der Waals surface area (Å²) in [6.45, 7) is 4.69. The highest BCUT2D eigenvalue weighted by molar-refractivity contribution is 6.05. The molecule has 0 aromatic heterocycles. The van der Waals surface area contributed by atoms with Crippen LogP contribution in [0.2, 0.25) is 0 Å². The first-order valence-electron chi connectivity index (χ1n) is 11.8. The molecule has 8 heteroatoms. The lowest BCUT2D eigenvalue weighted by molar-refractivity contribution is -0.121. The number of nitrogens with one attached hydrogen (secondary N) is 1. The normalized spacial score (nSPS) is 14.2. The van der Waals surface area contributed by atoms with E-state index >= 15 is 0 Å². The summed E-state index contributed by atoms with van der Waals surface area (Å²) in [5.41, 5.74) is 2.99. The minimum Gasteiger partial charge on any atom is -0.453 e.